The summed E-state index contributed by atoms with van der Waals surface area (Å²) in [6.07, 6.45) is 1.19. The van der Waals surface area contributed by atoms with E-state index in [1.165, 1.54) is 25.4 Å². The first-order chi connectivity index (χ1) is 10.0. The lowest BCUT2D eigenvalue weighted by Gasteiger charge is -2.20. The molecule has 0 radical (unpaired) electrons. The van der Waals surface area contributed by atoms with Crippen molar-refractivity contribution in [1.82, 2.24) is 10.3 Å². The summed E-state index contributed by atoms with van der Waals surface area (Å²) in [7, 11) is 1.43. The van der Waals surface area contributed by atoms with Gasteiger partial charge in [-0.25, -0.2) is 8.78 Å². The Hall–Kier alpha value is -2.01. The molecule has 2 rings (SSSR count). The van der Waals surface area contributed by atoms with Crippen LogP contribution >= 0.6 is 0 Å². The van der Waals surface area contributed by atoms with Crippen LogP contribution < -0.4 is 10.1 Å². The van der Waals surface area contributed by atoms with Crippen LogP contribution in [0.3, 0.4) is 0 Å². The molecular weight excluding hydrogens is 274 g/mol. The minimum Gasteiger partial charge on any atom is -0.494 e. The van der Waals surface area contributed by atoms with Gasteiger partial charge in [0, 0.05) is 12.1 Å². The lowest BCUT2D eigenvalue weighted by molar-refractivity contribution is 0.385. The summed E-state index contributed by atoms with van der Waals surface area (Å²) in [6.45, 7) is 3.86. The van der Waals surface area contributed by atoms with Crippen molar-refractivity contribution in [2.24, 2.45) is 0 Å². The molecule has 3 nitrogen and oxygen atoms in total. The molecule has 1 N–H and O–H groups in total. The molecule has 0 aliphatic rings. The molecule has 0 aliphatic heterocycles. The maximum atomic E-state index is 13.7. The number of methoxy groups -OCH3 is 1. The number of nitrogens with zero attached hydrogens (tertiary/aromatic N) is 1. The highest BCUT2D eigenvalue weighted by Gasteiger charge is 2.14. The van der Waals surface area contributed by atoms with Crippen LogP contribution in [0.5, 0.6) is 5.75 Å². The predicted molar refractivity (Wildman–Crippen MR) is 77.1 cm³/mol. The van der Waals surface area contributed by atoms with Crippen molar-refractivity contribution in [2.75, 3.05) is 7.11 Å². The molecule has 0 amide bonds. The largest absolute Gasteiger partial charge is 0.494 e. The van der Waals surface area contributed by atoms with Crippen molar-refractivity contribution < 1.29 is 13.5 Å². The molecule has 0 saturated heterocycles. The van der Waals surface area contributed by atoms with Gasteiger partial charge in [0.2, 0.25) is 0 Å². The smallest absolute Gasteiger partial charge is 0.165 e. The lowest BCUT2D eigenvalue weighted by atomic mass is 10.1. The van der Waals surface area contributed by atoms with Gasteiger partial charge in [-0.05, 0) is 43.7 Å². The average Bonchev–Trinajstić information content (AvgIpc) is 2.47. The van der Waals surface area contributed by atoms with E-state index >= 15 is 0 Å². The van der Waals surface area contributed by atoms with Crippen LogP contribution in [0.15, 0.2) is 36.5 Å². The fourth-order valence-corrected chi connectivity index (χ4v) is 2.15. The highest BCUT2D eigenvalue weighted by Crippen LogP contribution is 2.23. The van der Waals surface area contributed by atoms with Crippen LogP contribution in [0.2, 0.25) is 0 Å². The molecule has 0 aliphatic carbocycles. The van der Waals surface area contributed by atoms with E-state index in [-0.39, 0.29) is 23.7 Å². The van der Waals surface area contributed by atoms with Crippen molar-refractivity contribution in [1.29, 1.82) is 0 Å². The first kappa shape index (κ1) is 15.4. The van der Waals surface area contributed by atoms with E-state index in [1.54, 1.807) is 12.1 Å². The van der Waals surface area contributed by atoms with Crippen molar-refractivity contribution in [3.63, 3.8) is 0 Å². The van der Waals surface area contributed by atoms with Gasteiger partial charge in [0.15, 0.2) is 11.6 Å². The fraction of sp³-hybridized carbons (Fsp3) is 0.312. The second-order valence-electron chi connectivity index (χ2n) is 4.91. The van der Waals surface area contributed by atoms with Gasteiger partial charge < -0.3 is 10.1 Å². The summed E-state index contributed by atoms with van der Waals surface area (Å²) in [5, 5.41) is 3.30. The van der Waals surface area contributed by atoms with E-state index in [2.05, 4.69) is 10.3 Å². The Balaban J connectivity index is 2.08. The summed E-state index contributed by atoms with van der Waals surface area (Å²) < 4.78 is 31.5. The zero-order valence-corrected chi connectivity index (χ0v) is 12.2. The molecule has 2 aromatic rings. The van der Waals surface area contributed by atoms with E-state index in [9.17, 15) is 8.78 Å². The predicted octanol–water partition coefficient (Wildman–Crippen LogP) is 3.78. The van der Waals surface area contributed by atoms with Gasteiger partial charge in [-0.2, -0.15) is 0 Å². The molecule has 112 valence electrons. The number of rotatable bonds is 5. The third-order valence-electron chi connectivity index (χ3n) is 3.37. The number of nitrogens with one attached hydrogen (secondary N) is 1. The molecule has 21 heavy (non-hydrogen) atoms. The summed E-state index contributed by atoms with van der Waals surface area (Å²) in [5.74, 6) is -0.536. The molecule has 1 heterocycles. The Kier molecular flexibility index (Phi) is 4.85. The fourth-order valence-electron chi connectivity index (χ4n) is 2.15. The summed E-state index contributed by atoms with van der Waals surface area (Å²) in [4.78, 5) is 4.04. The second kappa shape index (κ2) is 6.63. The Morgan fingerprint density at radius 1 is 1.10 bits per heavy atom. The number of hydrogen-bond acceptors (Lipinski definition) is 3. The Labute approximate surface area is 123 Å². The van der Waals surface area contributed by atoms with Crippen LogP contribution in [0.1, 0.15) is 37.2 Å². The van der Waals surface area contributed by atoms with Gasteiger partial charge in [0.1, 0.15) is 5.82 Å². The molecule has 0 fully saturated rings. The molecule has 1 aromatic heterocycles. The van der Waals surface area contributed by atoms with Crippen LogP contribution in [0, 0.1) is 11.6 Å². The van der Waals surface area contributed by atoms with Gasteiger partial charge in [-0.3, -0.25) is 4.98 Å². The Morgan fingerprint density at radius 2 is 1.86 bits per heavy atom. The Bertz CT molecular complexity index is 602. The molecular formula is C16H18F2N2O. The maximum Gasteiger partial charge on any atom is 0.165 e. The number of hydrogen-bond donors (Lipinski definition) is 1. The minimum atomic E-state index is -0.392. The number of ether oxygens (including phenoxy) is 1. The summed E-state index contributed by atoms with van der Waals surface area (Å²) in [6, 6.07) is 7.71. The second-order valence-corrected chi connectivity index (χ2v) is 4.91. The van der Waals surface area contributed by atoms with Crippen molar-refractivity contribution in [3.8, 4) is 5.75 Å². The standard InChI is InChI=1S/C16H18F2N2O/c1-10(12-4-7-16(21-3)14(18)8-12)20-11(2)15-6-5-13(17)9-19-15/h4-11,20H,1-3H3. The average molecular weight is 292 g/mol. The molecule has 5 heteroatoms. The topological polar surface area (TPSA) is 34.1 Å². The molecule has 0 spiro atoms. The van der Waals surface area contributed by atoms with E-state index in [0.29, 0.717) is 0 Å². The van der Waals surface area contributed by atoms with E-state index in [0.717, 1.165) is 11.3 Å². The minimum absolute atomic E-state index is 0.0766. The molecule has 0 saturated carbocycles. The highest BCUT2D eigenvalue weighted by molar-refractivity contribution is 5.31. The summed E-state index contributed by atoms with van der Waals surface area (Å²) in [5.41, 5.74) is 1.54. The number of pyridine rings is 1. The first-order valence-electron chi connectivity index (χ1n) is 6.72. The van der Waals surface area contributed by atoms with Gasteiger partial charge in [0.25, 0.3) is 0 Å². The van der Waals surface area contributed by atoms with Crippen molar-refractivity contribution >= 4 is 0 Å². The maximum absolute atomic E-state index is 13.7. The quantitative estimate of drug-likeness (QED) is 0.910. The van der Waals surface area contributed by atoms with E-state index in [1.807, 2.05) is 19.9 Å². The third kappa shape index (κ3) is 3.76. The molecule has 2 unspecified atom stereocenters. The molecule has 1 aromatic carbocycles. The summed E-state index contributed by atoms with van der Waals surface area (Å²) >= 11 is 0. The third-order valence-corrected chi connectivity index (χ3v) is 3.37. The van der Waals surface area contributed by atoms with Crippen LogP contribution in [-0.2, 0) is 0 Å². The van der Waals surface area contributed by atoms with Crippen molar-refractivity contribution in [3.05, 3.63) is 59.4 Å². The van der Waals surface area contributed by atoms with Crippen LogP contribution in [-0.4, -0.2) is 12.1 Å². The van der Waals surface area contributed by atoms with Gasteiger partial charge in [0.05, 0.1) is 19.0 Å². The zero-order valence-electron chi connectivity index (χ0n) is 12.2. The van der Waals surface area contributed by atoms with E-state index < -0.39 is 5.82 Å². The number of halogens is 2. The molecule has 2 atom stereocenters. The Morgan fingerprint density at radius 3 is 2.43 bits per heavy atom. The molecule has 0 bridgehead atoms. The normalized spacial score (nSPS) is 13.8. The van der Waals surface area contributed by atoms with E-state index in [4.69, 9.17) is 4.74 Å². The van der Waals surface area contributed by atoms with Crippen LogP contribution in [0.4, 0.5) is 8.78 Å². The van der Waals surface area contributed by atoms with Crippen molar-refractivity contribution in [2.45, 2.75) is 25.9 Å². The zero-order chi connectivity index (χ0) is 15.4. The van der Waals surface area contributed by atoms with Gasteiger partial charge in [-0.1, -0.05) is 6.07 Å². The number of benzene rings is 1. The van der Waals surface area contributed by atoms with Gasteiger partial charge >= 0.3 is 0 Å². The number of aromatic nitrogens is 1. The SMILES string of the molecule is COc1ccc(C(C)NC(C)c2ccc(F)cn2)cc1F. The monoisotopic (exact) mass is 292 g/mol. The lowest BCUT2D eigenvalue weighted by Crippen LogP contribution is -2.23. The van der Waals surface area contributed by atoms with Gasteiger partial charge in [-0.15, -0.1) is 0 Å². The van der Waals surface area contributed by atoms with Crippen LogP contribution in [0.25, 0.3) is 0 Å². The first-order valence-corrected chi connectivity index (χ1v) is 6.72. The highest BCUT2D eigenvalue weighted by atomic mass is 19.1.